The van der Waals surface area contributed by atoms with Gasteiger partial charge in [0.2, 0.25) is 0 Å². The Labute approximate surface area is 175 Å². The average molecular weight is 454 g/mol. The maximum Gasteiger partial charge on any atom is 0.271 e. The summed E-state index contributed by atoms with van der Waals surface area (Å²) in [5.41, 5.74) is 5.35. The van der Waals surface area contributed by atoms with Crippen molar-refractivity contribution in [2.75, 3.05) is 5.32 Å². The highest BCUT2D eigenvalue weighted by molar-refractivity contribution is 9.10. The fourth-order valence-electron chi connectivity index (χ4n) is 2.46. The monoisotopic (exact) mass is 453 g/mol. The van der Waals surface area contributed by atoms with Crippen LogP contribution >= 0.6 is 15.9 Å². The third-order valence-electron chi connectivity index (χ3n) is 4.10. The molecule has 7 heteroatoms. The Balaban J connectivity index is 1.61. The van der Waals surface area contributed by atoms with Crippen LogP contribution in [0.5, 0.6) is 0 Å². The van der Waals surface area contributed by atoms with E-state index in [1.54, 1.807) is 31.2 Å². The molecule has 0 aliphatic rings. The zero-order valence-electron chi connectivity index (χ0n) is 15.4. The first-order valence-corrected chi connectivity index (χ1v) is 9.49. The second-order valence-corrected chi connectivity index (χ2v) is 7.10. The van der Waals surface area contributed by atoms with Crippen molar-refractivity contribution in [2.24, 2.45) is 5.10 Å². The van der Waals surface area contributed by atoms with Crippen molar-refractivity contribution >= 4 is 39.1 Å². The number of hydrogen-bond acceptors (Lipinski definition) is 3. The molecular weight excluding hydrogens is 437 g/mol. The number of benzene rings is 3. The molecular formula is C22H17BrFN3O2. The van der Waals surface area contributed by atoms with Gasteiger partial charge < -0.3 is 5.32 Å². The van der Waals surface area contributed by atoms with Gasteiger partial charge in [-0.05, 0) is 73.2 Å². The minimum Gasteiger partial charge on any atom is -0.322 e. The fraction of sp³-hybridized carbons (Fsp3) is 0.0455. The summed E-state index contributed by atoms with van der Waals surface area (Å²) in [5.74, 6) is -1.13. The molecule has 0 fully saturated rings. The van der Waals surface area contributed by atoms with Crippen molar-refractivity contribution in [3.8, 4) is 0 Å². The van der Waals surface area contributed by atoms with Crippen molar-refractivity contribution in [2.45, 2.75) is 6.92 Å². The van der Waals surface area contributed by atoms with E-state index in [1.165, 1.54) is 24.3 Å². The number of amides is 2. The van der Waals surface area contributed by atoms with E-state index in [4.69, 9.17) is 0 Å². The summed E-state index contributed by atoms with van der Waals surface area (Å²) in [6.07, 6.45) is 0. The largest absolute Gasteiger partial charge is 0.322 e. The Morgan fingerprint density at radius 2 is 1.31 bits per heavy atom. The van der Waals surface area contributed by atoms with Crippen LogP contribution in [0.15, 0.2) is 82.4 Å². The van der Waals surface area contributed by atoms with Crippen LogP contribution in [0.4, 0.5) is 10.1 Å². The normalized spacial score (nSPS) is 11.1. The first-order valence-electron chi connectivity index (χ1n) is 8.70. The minimum atomic E-state index is -0.407. The Hall–Kier alpha value is -3.32. The van der Waals surface area contributed by atoms with Crippen LogP contribution in [-0.4, -0.2) is 17.5 Å². The first kappa shape index (κ1) is 20.4. The lowest BCUT2D eigenvalue weighted by molar-refractivity contribution is 0.0954. The third kappa shape index (κ3) is 5.58. The Morgan fingerprint density at radius 1 is 0.793 bits per heavy atom. The molecule has 0 atom stereocenters. The van der Waals surface area contributed by atoms with Gasteiger partial charge >= 0.3 is 0 Å². The minimum absolute atomic E-state index is 0.339. The Morgan fingerprint density at radius 3 is 1.93 bits per heavy atom. The van der Waals surface area contributed by atoms with Crippen LogP contribution in [0.3, 0.4) is 0 Å². The van der Waals surface area contributed by atoms with Crippen LogP contribution in [-0.2, 0) is 0 Å². The number of hydrogen-bond donors (Lipinski definition) is 2. The molecule has 0 bridgehead atoms. The van der Waals surface area contributed by atoms with E-state index in [-0.39, 0.29) is 11.8 Å². The topological polar surface area (TPSA) is 70.6 Å². The van der Waals surface area contributed by atoms with E-state index in [0.717, 1.165) is 10.0 Å². The molecule has 0 heterocycles. The van der Waals surface area contributed by atoms with Gasteiger partial charge in [-0.1, -0.05) is 28.1 Å². The van der Waals surface area contributed by atoms with E-state index >= 15 is 0 Å². The van der Waals surface area contributed by atoms with Gasteiger partial charge in [-0.2, -0.15) is 5.10 Å². The van der Waals surface area contributed by atoms with Gasteiger partial charge in [0.25, 0.3) is 11.8 Å². The molecule has 2 amide bonds. The SMILES string of the molecule is CC(=NNC(=O)c1ccc(NC(=O)c2ccc(F)cc2)cc1)c1ccc(Br)cc1. The van der Waals surface area contributed by atoms with E-state index in [9.17, 15) is 14.0 Å². The zero-order valence-corrected chi connectivity index (χ0v) is 17.0. The fourth-order valence-corrected chi connectivity index (χ4v) is 2.73. The van der Waals surface area contributed by atoms with Gasteiger partial charge in [-0.3, -0.25) is 9.59 Å². The molecule has 0 unspecified atom stereocenters. The predicted molar refractivity (Wildman–Crippen MR) is 115 cm³/mol. The van der Waals surface area contributed by atoms with Crippen molar-refractivity contribution < 1.29 is 14.0 Å². The molecule has 0 saturated heterocycles. The second-order valence-electron chi connectivity index (χ2n) is 6.18. The number of nitrogens with zero attached hydrogens (tertiary/aromatic N) is 1. The van der Waals surface area contributed by atoms with Crippen molar-refractivity contribution in [1.82, 2.24) is 5.43 Å². The quantitative estimate of drug-likeness (QED) is 0.421. The lowest BCUT2D eigenvalue weighted by Gasteiger charge is -2.07. The van der Waals surface area contributed by atoms with Crippen molar-refractivity contribution in [3.63, 3.8) is 0 Å². The summed E-state index contributed by atoms with van der Waals surface area (Å²) in [7, 11) is 0. The number of carbonyl (C=O) groups is 2. The number of anilines is 1. The van der Waals surface area contributed by atoms with Crippen molar-refractivity contribution in [3.05, 3.63) is 99.8 Å². The van der Waals surface area contributed by atoms with Gasteiger partial charge in [0.05, 0.1) is 5.71 Å². The highest BCUT2D eigenvalue weighted by Crippen LogP contribution is 2.13. The standard InChI is InChI=1S/C22H17BrFN3O2/c1-14(15-2-8-18(23)9-3-15)26-27-22(29)17-6-12-20(13-7-17)25-21(28)16-4-10-19(24)11-5-16/h2-13H,1H3,(H,25,28)(H,27,29). The van der Waals surface area contributed by atoms with Gasteiger partial charge in [-0.25, -0.2) is 9.82 Å². The number of halogens is 2. The molecule has 0 spiro atoms. The smallest absolute Gasteiger partial charge is 0.271 e. The summed E-state index contributed by atoms with van der Waals surface area (Å²) in [4.78, 5) is 24.4. The summed E-state index contributed by atoms with van der Waals surface area (Å²) < 4.78 is 13.9. The van der Waals surface area contributed by atoms with Crippen LogP contribution in [0.25, 0.3) is 0 Å². The molecule has 0 aliphatic heterocycles. The first-order chi connectivity index (χ1) is 13.9. The Bertz CT molecular complexity index is 1050. The summed E-state index contributed by atoms with van der Waals surface area (Å²) in [6, 6.07) is 19.2. The number of carbonyl (C=O) groups excluding carboxylic acids is 2. The van der Waals surface area contributed by atoms with E-state index in [2.05, 4.69) is 31.8 Å². The van der Waals surface area contributed by atoms with Gasteiger partial charge in [-0.15, -0.1) is 0 Å². The second kappa shape index (κ2) is 9.25. The number of rotatable bonds is 5. The lowest BCUT2D eigenvalue weighted by Crippen LogP contribution is -2.19. The molecule has 5 nitrogen and oxygen atoms in total. The third-order valence-corrected chi connectivity index (χ3v) is 4.63. The van der Waals surface area contributed by atoms with Crippen LogP contribution in [0.2, 0.25) is 0 Å². The lowest BCUT2D eigenvalue weighted by atomic mass is 10.1. The van der Waals surface area contributed by atoms with Crippen LogP contribution < -0.4 is 10.7 Å². The molecule has 0 saturated carbocycles. The molecule has 146 valence electrons. The molecule has 3 aromatic rings. The molecule has 0 aromatic heterocycles. The highest BCUT2D eigenvalue weighted by Gasteiger charge is 2.08. The molecule has 29 heavy (non-hydrogen) atoms. The molecule has 3 aromatic carbocycles. The molecule has 2 N–H and O–H groups in total. The maximum absolute atomic E-state index is 12.9. The summed E-state index contributed by atoms with van der Waals surface area (Å²) >= 11 is 3.37. The van der Waals surface area contributed by atoms with Crippen LogP contribution in [0.1, 0.15) is 33.2 Å². The average Bonchev–Trinajstić information content (AvgIpc) is 2.73. The van der Waals surface area contributed by atoms with E-state index in [0.29, 0.717) is 22.5 Å². The number of hydrazone groups is 1. The summed E-state index contributed by atoms with van der Waals surface area (Å²) in [6.45, 7) is 1.80. The predicted octanol–water partition coefficient (Wildman–Crippen LogP) is 4.99. The molecule has 0 aliphatic carbocycles. The van der Waals surface area contributed by atoms with E-state index < -0.39 is 5.82 Å². The van der Waals surface area contributed by atoms with Crippen molar-refractivity contribution in [1.29, 1.82) is 0 Å². The molecule has 3 rings (SSSR count). The van der Waals surface area contributed by atoms with E-state index in [1.807, 2.05) is 24.3 Å². The van der Waals surface area contributed by atoms with Gasteiger partial charge in [0.15, 0.2) is 0 Å². The Kier molecular flexibility index (Phi) is 6.51. The van der Waals surface area contributed by atoms with Gasteiger partial charge in [0, 0.05) is 21.3 Å². The zero-order chi connectivity index (χ0) is 20.8. The van der Waals surface area contributed by atoms with Crippen LogP contribution in [0, 0.1) is 5.82 Å². The molecule has 0 radical (unpaired) electrons. The maximum atomic E-state index is 12.9. The summed E-state index contributed by atoms with van der Waals surface area (Å²) in [5, 5.41) is 6.81. The highest BCUT2D eigenvalue weighted by atomic mass is 79.9. The van der Waals surface area contributed by atoms with Gasteiger partial charge in [0.1, 0.15) is 5.82 Å². The number of nitrogens with one attached hydrogen (secondary N) is 2.